The molecule has 0 amide bonds. The summed E-state index contributed by atoms with van der Waals surface area (Å²) < 4.78 is 5.07. The highest BCUT2D eigenvalue weighted by Crippen LogP contribution is 2.07. The zero-order valence-corrected chi connectivity index (χ0v) is 11.2. The Balaban J connectivity index is 2.30. The Kier molecular flexibility index (Phi) is 6.44. The molecule has 0 spiro atoms. The molecule has 0 bridgehead atoms. The third-order valence-corrected chi connectivity index (χ3v) is 2.83. The van der Waals surface area contributed by atoms with Gasteiger partial charge >= 0.3 is 5.97 Å². The number of carbonyl (C=O) groups is 1. The van der Waals surface area contributed by atoms with Crippen molar-refractivity contribution in [2.75, 3.05) is 6.61 Å². The predicted molar refractivity (Wildman–Crippen MR) is 71.6 cm³/mol. The van der Waals surface area contributed by atoms with Gasteiger partial charge in [-0.3, -0.25) is 0 Å². The van der Waals surface area contributed by atoms with Crippen LogP contribution in [0.3, 0.4) is 0 Å². The van der Waals surface area contributed by atoms with Crippen LogP contribution in [0.4, 0.5) is 0 Å². The third-order valence-electron chi connectivity index (χ3n) is 2.83. The minimum Gasteiger partial charge on any atom is -0.459 e. The van der Waals surface area contributed by atoms with E-state index in [2.05, 4.69) is 6.92 Å². The van der Waals surface area contributed by atoms with Crippen molar-refractivity contribution in [1.29, 1.82) is 0 Å². The maximum atomic E-state index is 11.7. The summed E-state index contributed by atoms with van der Waals surface area (Å²) in [7, 11) is 0. The van der Waals surface area contributed by atoms with E-state index in [4.69, 9.17) is 4.74 Å². The standard InChI is InChI=1S/C15H22O3/c1-3-4-5-6-14(16)11-18-15(17)13-9-7-12(2)8-10-13/h7-10,14,16H,3-6,11H2,1-2H3/t14-/m0/s1. The molecule has 1 atom stereocenters. The number of benzene rings is 1. The largest absolute Gasteiger partial charge is 0.459 e. The minimum atomic E-state index is -0.550. The van der Waals surface area contributed by atoms with Crippen molar-refractivity contribution in [2.45, 2.75) is 45.6 Å². The predicted octanol–water partition coefficient (Wildman–Crippen LogP) is 3.09. The van der Waals surface area contributed by atoms with Crippen LogP contribution in [0.5, 0.6) is 0 Å². The number of hydrogen-bond acceptors (Lipinski definition) is 3. The summed E-state index contributed by atoms with van der Waals surface area (Å²) >= 11 is 0. The molecule has 0 aliphatic heterocycles. The van der Waals surface area contributed by atoms with Crippen LogP contribution in [0.15, 0.2) is 24.3 Å². The molecule has 0 aliphatic rings. The quantitative estimate of drug-likeness (QED) is 0.597. The van der Waals surface area contributed by atoms with E-state index in [0.717, 1.165) is 24.8 Å². The first-order valence-corrected chi connectivity index (χ1v) is 6.55. The van der Waals surface area contributed by atoms with Gasteiger partial charge in [-0.2, -0.15) is 0 Å². The van der Waals surface area contributed by atoms with Crippen LogP contribution in [-0.2, 0) is 4.74 Å². The number of unbranched alkanes of at least 4 members (excludes halogenated alkanes) is 2. The molecule has 1 aromatic rings. The molecule has 0 heterocycles. The van der Waals surface area contributed by atoms with Gasteiger partial charge in [0.05, 0.1) is 11.7 Å². The molecule has 3 nitrogen and oxygen atoms in total. The molecule has 0 saturated heterocycles. The minimum absolute atomic E-state index is 0.0798. The van der Waals surface area contributed by atoms with Crippen LogP contribution in [0, 0.1) is 6.92 Å². The second-order valence-corrected chi connectivity index (χ2v) is 4.61. The van der Waals surface area contributed by atoms with Crippen molar-refractivity contribution in [3.63, 3.8) is 0 Å². The molecule has 1 aromatic carbocycles. The first-order chi connectivity index (χ1) is 8.63. The van der Waals surface area contributed by atoms with E-state index >= 15 is 0 Å². The Bertz CT molecular complexity index is 357. The lowest BCUT2D eigenvalue weighted by atomic mass is 10.1. The van der Waals surface area contributed by atoms with E-state index in [1.54, 1.807) is 12.1 Å². The summed E-state index contributed by atoms with van der Waals surface area (Å²) in [6.45, 7) is 4.16. The summed E-state index contributed by atoms with van der Waals surface area (Å²) in [5.41, 5.74) is 1.63. The highest BCUT2D eigenvalue weighted by molar-refractivity contribution is 5.89. The SMILES string of the molecule is CCCCC[C@H](O)COC(=O)c1ccc(C)cc1. The van der Waals surface area contributed by atoms with E-state index in [9.17, 15) is 9.90 Å². The molecule has 0 unspecified atom stereocenters. The zero-order valence-electron chi connectivity index (χ0n) is 11.2. The Morgan fingerprint density at radius 1 is 1.28 bits per heavy atom. The highest BCUT2D eigenvalue weighted by atomic mass is 16.5. The molecule has 0 radical (unpaired) electrons. The summed E-state index contributed by atoms with van der Waals surface area (Å²) in [4.78, 5) is 11.7. The number of aliphatic hydroxyl groups excluding tert-OH is 1. The molecule has 1 rings (SSSR count). The lowest BCUT2D eigenvalue weighted by Gasteiger charge is -2.11. The summed E-state index contributed by atoms with van der Waals surface area (Å²) in [5.74, 6) is -0.371. The molecule has 1 N–H and O–H groups in total. The van der Waals surface area contributed by atoms with E-state index in [0.29, 0.717) is 12.0 Å². The number of aryl methyl sites for hydroxylation is 1. The average molecular weight is 250 g/mol. The molecule has 18 heavy (non-hydrogen) atoms. The van der Waals surface area contributed by atoms with Gasteiger partial charge in [-0.15, -0.1) is 0 Å². The average Bonchev–Trinajstić information content (AvgIpc) is 2.37. The van der Waals surface area contributed by atoms with Crippen molar-refractivity contribution in [2.24, 2.45) is 0 Å². The Hall–Kier alpha value is -1.35. The van der Waals surface area contributed by atoms with Crippen LogP contribution in [-0.4, -0.2) is 23.8 Å². The number of esters is 1. The van der Waals surface area contributed by atoms with Gasteiger partial charge < -0.3 is 9.84 Å². The molecule has 0 aromatic heterocycles. The fraction of sp³-hybridized carbons (Fsp3) is 0.533. The van der Waals surface area contributed by atoms with Crippen molar-refractivity contribution < 1.29 is 14.6 Å². The van der Waals surface area contributed by atoms with Crippen LogP contribution in [0.2, 0.25) is 0 Å². The fourth-order valence-corrected chi connectivity index (χ4v) is 1.66. The van der Waals surface area contributed by atoms with Crippen molar-refractivity contribution >= 4 is 5.97 Å². The molecular formula is C15H22O3. The molecule has 100 valence electrons. The number of ether oxygens (including phenoxy) is 1. The Morgan fingerprint density at radius 3 is 2.56 bits per heavy atom. The van der Waals surface area contributed by atoms with E-state index in [1.165, 1.54) is 0 Å². The van der Waals surface area contributed by atoms with Gasteiger partial charge in [0.2, 0.25) is 0 Å². The van der Waals surface area contributed by atoms with E-state index in [1.807, 2.05) is 19.1 Å². The van der Waals surface area contributed by atoms with Gasteiger partial charge in [-0.1, -0.05) is 43.9 Å². The van der Waals surface area contributed by atoms with E-state index in [-0.39, 0.29) is 12.6 Å². The molecule has 0 aliphatic carbocycles. The van der Waals surface area contributed by atoms with Gasteiger partial charge in [-0.25, -0.2) is 4.79 Å². The second kappa shape index (κ2) is 7.88. The van der Waals surface area contributed by atoms with Crippen LogP contribution < -0.4 is 0 Å². The molecule has 0 saturated carbocycles. The normalized spacial score (nSPS) is 12.2. The maximum absolute atomic E-state index is 11.7. The first kappa shape index (κ1) is 14.7. The maximum Gasteiger partial charge on any atom is 0.338 e. The van der Waals surface area contributed by atoms with Crippen molar-refractivity contribution in [3.8, 4) is 0 Å². The third kappa shape index (κ3) is 5.32. The number of hydrogen-bond donors (Lipinski definition) is 1. The van der Waals surface area contributed by atoms with Crippen LogP contribution in [0.25, 0.3) is 0 Å². The zero-order chi connectivity index (χ0) is 13.4. The summed E-state index contributed by atoms with van der Waals surface area (Å²) in [6.07, 6.45) is 3.33. The van der Waals surface area contributed by atoms with Crippen molar-refractivity contribution in [1.82, 2.24) is 0 Å². The van der Waals surface area contributed by atoms with Crippen molar-refractivity contribution in [3.05, 3.63) is 35.4 Å². The summed E-state index contributed by atoms with van der Waals surface area (Å²) in [5, 5.41) is 9.64. The number of rotatable bonds is 7. The molecule has 3 heteroatoms. The molecular weight excluding hydrogens is 228 g/mol. The van der Waals surface area contributed by atoms with Gasteiger partial charge in [0.25, 0.3) is 0 Å². The Labute approximate surface area is 109 Å². The smallest absolute Gasteiger partial charge is 0.338 e. The summed E-state index contributed by atoms with van der Waals surface area (Å²) in [6, 6.07) is 7.21. The topological polar surface area (TPSA) is 46.5 Å². The highest BCUT2D eigenvalue weighted by Gasteiger charge is 2.10. The molecule has 0 fully saturated rings. The lowest BCUT2D eigenvalue weighted by Crippen LogP contribution is -2.18. The van der Waals surface area contributed by atoms with E-state index < -0.39 is 6.10 Å². The monoisotopic (exact) mass is 250 g/mol. The lowest BCUT2D eigenvalue weighted by molar-refractivity contribution is 0.0233. The second-order valence-electron chi connectivity index (χ2n) is 4.61. The number of aliphatic hydroxyl groups is 1. The van der Waals surface area contributed by atoms with Gasteiger partial charge in [0, 0.05) is 0 Å². The first-order valence-electron chi connectivity index (χ1n) is 6.55. The van der Waals surface area contributed by atoms with Gasteiger partial charge in [0.15, 0.2) is 0 Å². The van der Waals surface area contributed by atoms with Gasteiger partial charge in [-0.05, 0) is 25.5 Å². The van der Waals surface area contributed by atoms with Crippen LogP contribution >= 0.6 is 0 Å². The number of carbonyl (C=O) groups excluding carboxylic acids is 1. The Morgan fingerprint density at radius 2 is 1.94 bits per heavy atom. The fourth-order valence-electron chi connectivity index (χ4n) is 1.66. The van der Waals surface area contributed by atoms with Gasteiger partial charge in [0.1, 0.15) is 6.61 Å². The van der Waals surface area contributed by atoms with Crippen LogP contribution in [0.1, 0.15) is 48.5 Å².